The lowest BCUT2D eigenvalue weighted by atomic mass is 10.0. The number of fused-ring (bicyclic) bond motifs is 6. The summed E-state index contributed by atoms with van der Waals surface area (Å²) in [6.45, 7) is -9.62. The summed E-state index contributed by atoms with van der Waals surface area (Å²) in [6.07, 6.45) is -1.67. The molecule has 8 heterocycles. The van der Waals surface area contributed by atoms with E-state index in [2.05, 4.69) is 54.4 Å². The number of thiol groups is 2. The Kier molecular flexibility index (Phi) is 7.46. The lowest BCUT2D eigenvalue weighted by Crippen LogP contribution is -2.45. The van der Waals surface area contributed by atoms with E-state index >= 15 is 0 Å². The van der Waals surface area contributed by atoms with Crippen molar-refractivity contribution in [3.63, 3.8) is 0 Å². The predicted molar refractivity (Wildman–Crippen MR) is 167 cm³/mol. The lowest BCUT2D eigenvalue weighted by Gasteiger charge is -2.33. The average molecular weight is 749 g/mol. The zero-order valence-electron chi connectivity index (χ0n) is 24.1. The molecule has 4 fully saturated rings. The minimum Gasteiger partial charge on any atom is -0.370 e. The van der Waals surface area contributed by atoms with Crippen LogP contribution >= 0.6 is 38.1 Å². The molecule has 26 heteroatoms. The maximum absolute atomic E-state index is 13.8. The van der Waals surface area contributed by atoms with Gasteiger partial charge in [-0.3, -0.25) is 42.3 Å². The van der Waals surface area contributed by atoms with E-state index < -0.39 is 73.3 Å². The van der Waals surface area contributed by atoms with Crippen LogP contribution in [-0.4, -0.2) is 99.9 Å². The summed E-state index contributed by atoms with van der Waals surface area (Å²) in [4.78, 5) is 55.6. The molecule has 8 rings (SSSR count). The van der Waals surface area contributed by atoms with Crippen molar-refractivity contribution in [1.82, 2.24) is 39.0 Å². The van der Waals surface area contributed by atoms with E-state index in [0.29, 0.717) is 6.42 Å². The molecule has 0 spiro atoms. The molecule has 9 atom stereocenters. The molecular formula is C22H26N10O12P2S2. The van der Waals surface area contributed by atoms with Crippen molar-refractivity contribution < 1.29 is 46.5 Å². The predicted octanol–water partition coefficient (Wildman–Crippen LogP) is -0.373. The summed E-state index contributed by atoms with van der Waals surface area (Å²) in [5.74, 6) is -0.284. The Bertz CT molecular complexity index is 2170. The van der Waals surface area contributed by atoms with E-state index in [-0.39, 0.29) is 54.0 Å². The maximum atomic E-state index is 13.8. The van der Waals surface area contributed by atoms with Crippen molar-refractivity contribution in [3.05, 3.63) is 33.4 Å². The van der Waals surface area contributed by atoms with E-state index in [1.165, 1.54) is 21.8 Å². The topological polar surface area (TPSA) is 298 Å². The van der Waals surface area contributed by atoms with Crippen molar-refractivity contribution >= 4 is 72.3 Å². The van der Waals surface area contributed by atoms with Gasteiger partial charge in [-0.05, 0) is 0 Å². The van der Waals surface area contributed by atoms with Gasteiger partial charge in [0.15, 0.2) is 34.8 Å². The van der Waals surface area contributed by atoms with Crippen molar-refractivity contribution in [2.24, 2.45) is 0 Å². The molecule has 0 aromatic carbocycles. The lowest BCUT2D eigenvalue weighted by molar-refractivity contribution is -0.183. The molecule has 0 radical (unpaired) electrons. The highest BCUT2D eigenvalue weighted by atomic mass is 32.7. The van der Waals surface area contributed by atoms with Crippen LogP contribution in [0.1, 0.15) is 18.9 Å². The van der Waals surface area contributed by atoms with Crippen LogP contribution in [-0.2, 0) is 41.6 Å². The number of nitrogens with two attached hydrogens (primary N) is 2. The van der Waals surface area contributed by atoms with Gasteiger partial charge in [-0.2, -0.15) is 9.97 Å². The summed E-state index contributed by atoms with van der Waals surface area (Å²) >= 11 is 7.79. The smallest absolute Gasteiger partial charge is 0.370 e. The summed E-state index contributed by atoms with van der Waals surface area (Å²) in [5.41, 5.74) is 7.91. The fourth-order valence-electron chi connectivity index (χ4n) is 6.41. The van der Waals surface area contributed by atoms with Gasteiger partial charge in [0.1, 0.15) is 29.5 Å². The molecule has 7 N–H and O–H groups in total. The Balaban J connectivity index is 1.03. The van der Waals surface area contributed by atoms with Gasteiger partial charge in [0, 0.05) is 6.42 Å². The second kappa shape index (κ2) is 11.1. The third-order valence-electron chi connectivity index (χ3n) is 8.46. The minimum atomic E-state index is -4.33. The summed E-state index contributed by atoms with van der Waals surface area (Å²) in [7, 11) is 0. The molecule has 0 amide bonds. The normalized spacial score (nSPS) is 33.5. The number of aromatic amines is 2. The molecule has 4 saturated heterocycles. The van der Waals surface area contributed by atoms with Crippen molar-refractivity contribution in [2.45, 2.75) is 48.4 Å². The second-order valence-electron chi connectivity index (χ2n) is 11.7. The van der Waals surface area contributed by atoms with Gasteiger partial charge in [0.05, 0.1) is 39.1 Å². The Morgan fingerprint density at radius 3 is 2.19 bits per heavy atom. The van der Waals surface area contributed by atoms with Crippen LogP contribution in [0.3, 0.4) is 0 Å². The van der Waals surface area contributed by atoms with Gasteiger partial charge in [0.2, 0.25) is 11.9 Å². The van der Waals surface area contributed by atoms with E-state index in [9.17, 15) is 23.6 Å². The van der Waals surface area contributed by atoms with Crippen molar-refractivity contribution in [1.29, 1.82) is 0 Å². The van der Waals surface area contributed by atoms with Crippen LogP contribution in [0.15, 0.2) is 22.2 Å². The summed E-state index contributed by atoms with van der Waals surface area (Å²) in [5, 5.41) is 0. The number of H-pyrrole nitrogens is 2. The third-order valence-corrected chi connectivity index (χ3v) is 10.9. The Morgan fingerprint density at radius 2 is 1.56 bits per heavy atom. The van der Waals surface area contributed by atoms with E-state index in [1.807, 2.05) is 0 Å². The number of ether oxygens (including phenoxy) is 4. The molecule has 22 nitrogen and oxygen atoms in total. The molecule has 0 aliphatic carbocycles. The van der Waals surface area contributed by atoms with Crippen LogP contribution < -0.4 is 22.6 Å². The van der Waals surface area contributed by atoms with Crippen molar-refractivity contribution in [2.75, 3.05) is 37.9 Å². The first-order valence-corrected chi connectivity index (χ1v) is 19.5. The molecule has 0 saturated carbocycles. The maximum Gasteiger partial charge on any atom is 0.386 e. The van der Waals surface area contributed by atoms with Crippen molar-refractivity contribution in [3.8, 4) is 0 Å². The van der Waals surface area contributed by atoms with E-state index in [1.54, 1.807) is 0 Å². The zero-order valence-corrected chi connectivity index (χ0v) is 27.7. The quantitative estimate of drug-likeness (QED) is 0.0803. The van der Waals surface area contributed by atoms with Crippen LogP contribution in [0.4, 0.5) is 11.9 Å². The van der Waals surface area contributed by atoms with Gasteiger partial charge >= 0.3 is 13.6 Å². The first kappa shape index (κ1) is 32.4. The largest absolute Gasteiger partial charge is 0.386 e. The highest BCUT2D eigenvalue weighted by molar-refractivity contribution is 8.44. The van der Waals surface area contributed by atoms with Gasteiger partial charge in [-0.25, -0.2) is 19.1 Å². The molecule has 4 bridgehead atoms. The van der Waals surface area contributed by atoms with Crippen LogP contribution in [0.25, 0.3) is 22.3 Å². The van der Waals surface area contributed by atoms with E-state index in [4.69, 9.17) is 44.0 Å². The monoisotopic (exact) mass is 748 g/mol. The Morgan fingerprint density at radius 1 is 0.938 bits per heavy atom. The van der Waals surface area contributed by atoms with Crippen LogP contribution in [0, 0.1) is 0 Å². The standard InChI is InChI=1S/C22H26N10O12P2S2/c23-19-27-13-9(15(33)29-19)25-6-31(13)17-8-1-21(42-17,2-38-8)3-41-46(37,48)44-12-11-18(43-22(12,4-39-11)5-40-45(35,36)47)32-7-26-10-14(32)28-20(24)30-16(10)34/h6-8,11-12,17-18H,1-5H2,(H,37,48)(H2,35,36,47)(H3,23,27,29,33)(H3,24,28,30,34)/t8-,11-,12+,17-,18-,21-,22-,46?/m1/s1. The van der Waals surface area contributed by atoms with Gasteiger partial charge < -0.3 is 35.3 Å². The molecule has 4 aliphatic rings. The van der Waals surface area contributed by atoms with Gasteiger partial charge in [-0.15, -0.1) is 0 Å². The van der Waals surface area contributed by atoms with Gasteiger partial charge in [-0.1, -0.05) is 24.5 Å². The molecule has 48 heavy (non-hydrogen) atoms. The van der Waals surface area contributed by atoms with Gasteiger partial charge in [0.25, 0.3) is 11.1 Å². The highest BCUT2D eigenvalue weighted by Gasteiger charge is 2.65. The number of rotatable bonds is 10. The Labute approximate surface area is 277 Å². The highest BCUT2D eigenvalue weighted by Crippen LogP contribution is 2.61. The number of nitrogens with zero attached hydrogens (tertiary/aromatic N) is 6. The number of nitrogen functional groups attached to an aromatic ring is 2. The number of hydrogen-bond acceptors (Lipinski definition) is 17. The number of nitrogens with one attached hydrogen (secondary N) is 2. The first-order valence-electron chi connectivity index (χ1n) is 14.0. The molecule has 4 aliphatic heterocycles. The van der Waals surface area contributed by atoms with E-state index in [0.717, 1.165) is 0 Å². The molecule has 4 aromatic rings. The second-order valence-corrected chi connectivity index (χ2v) is 17.3. The summed E-state index contributed by atoms with van der Waals surface area (Å²) in [6, 6.07) is 0. The molecular weight excluding hydrogens is 722 g/mol. The third kappa shape index (κ3) is 5.40. The first-order chi connectivity index (χ1) is 22.6. The van der Waals surface area contributed by atoms with Crippen LogP contribution in [0.2, 0.25) is 0 Å². The van der Waals surface area contributed by atoms with Crippen LogP contribution in [0.5, 0.6) is 0 Å². The number of imidazole rings is 2. The zero-order chi connectivity index (χ0) is 33.8. The number of anilines is 2. The molecule has 258 valence electrons. The minimum absolute atomic E-state index is 0.0438. The molecule has 4 aromatic heterocycles. The SMILES string of the molecule is Nc1nc2c(ncn2[C@@H]2O[C@@]3(COP(=O)(O)S)CO[C@@H]2[C@@H]3OP(=O)(S)OC[C@]23CO[C@H](C2)[C@H](n2cnc4c(=O)[nH]c(N)nc42)O3)c(=O)[nH]1. The average Bonchev–Trinajstić information content (AvgIpc) is 3.85. The fourth-order valence-corrected chi connectivity index (χ4v) is 8.51. The fraction of sp³-hybridized carbons (Fsp3) is 0.545. The summed E-state index contributed by atoms with van der Waals surface area (Å²) < 4.78 is 69.8. The Hall–Kier alpha value is -2.86. The number of hydrogen-bond donors (Lipinski definition) is 7. The molecule has 2 unspecified atom stereocenters. The number of aromatic nitrogens is 8.